The van der Waals surface area contributed by atoms with E-state index in [0.29, 0.717) is 25.2 Å². The molecular formula is C24H36N4O5S. The molecule has 3 rings (SSSR count). The monoisotopic (exact) mass is 492 g/mol. The summed E-state index contributed by atoms with van der Waals surface area (Å²) < 4.78 is 32.8. The number of amides is 2. The molecule has 2 heterocycles. The minimum atomic E-state index is -3.68. The summed E-state index contributed by atoms with van der Waals surface area (Å²) in [4.78, 5) is 34.0. The van der Waals surface area contributed by atoms with Crippen molar-refractivity contribution in [1.82, 2.24) is 14.5 Å². The standard InChI is InChI=1S/C24H36N4O5S/c1-16(2)20(25-21-18-11-7-8-12-19(18)34(31,32)26-21)22(29)28-13-9-10-17(15-28)14-27(6)23(30)33-24(3,4)5/h7-8,11-12,16-17,20H,9-10,13-15H2,1-6H3,(H,25,26)/t17?,20-/m0/s1. The van der Waals surface area contributed by atoms with Gasteiger partial charge >= 0.3 is 6.09 Å². The number of likely N-dealkylation sites (tertiary alicyclic amines) is 1. The third-order valence-electron chi connectivity index (χ3n) is 5.88. The van der Waals surface area contributed by atoms with Crippen molar-refractivity contribution in [1.29, 1.82) is 0 Å². The zero-order chi connectivity index (χ0) is 25.3. The number of piperidine rings is 1. The zero-order valence-corrected chi connectivity index (χ0v) is 21.7. The number of ether oxygens (including phenoxy) is 1. The average molecular weight is 493 g/mol. The Morgan fingerprint density at radius 3 is 2.59 bits per heavy atom. The van der Waals surface area contributed by atoms with E-state index >= 15 is 0 Å². The van der Waals surface area contributed by atoms with Crippen LogP contribution >= 0.6 is 0 Å². The lowest BCUT2D eigenvalue weighted by Crippen LogP contribution is -2.49. The van der Waals surface area contributed by atoms with E-state index in [1.165, 1.54) is 6.07 Å². The number of benzene rings is 1. The molecule has 0 aromatic heterocycles. The second kappa shape index (κ2) is 9.93. The molecule has 10 heteroatoms. The molecular weight excluding hydrogens is 456 g/mol. The number of carbonyl (C=O) groups is 2. The van der Waals surface area contributed by atoms with E-state index in [1.54, 1.807) is 35.0 Å². The first kappa shape index (κ1) is 26.0. The van der Waals surface area contributed by atoms with Crippen molar-refractivity contribution in [2.45, 2.75) is 64.0 Å². The smallest absolute Gasteiger partial charge is 0.410 e. The highest BCUT2D eigenvalue weighted by atomic mass is 32.2. The normalized spacial score (nSPS) is 21.7. The van der Waals surface area contributed by atoms with Crippen molar-refractivity contribution in [3.8, 4) is 0 Å². The molecule has 0 aliphatic carbocycles. The lowest BCUT2D eigenvalue weighted by atomic mass is 9.95. The third-order valence-corrected chi connectivity index (χ3v) is 7.28. The molecule has 0 bridgehead atoms. The zero-order valence-electron chi connectivity index (χ0n) is 20.9. The Morgan fingerprint density at radius 1 is 1.26 bits per heavy atom. The lowest BCUT2D eigenvalue weighted by Gasteiger charge is -2.36. The highest BCUT2D eigenvalue weighted by molar-refractivity contribution is 7.90. The lowest BCUT2D eigenvalue weighted by molar-refractivity contribution is -0.135. The van der Waals surface area contributed by atoms with Crippen molar-refractivity contribution in [2.75, 3.05) is 26.7 Å². The summed E-state index contributed by atoms with van der Waals surface area (Å²) in [5.41, 5.74) is -0.0827. The van der Waals surface area contributed by atoms with Gasteiger partial charge in [-0.3, -0.25) is 14.5 Å². The van der Waals surface area contributed by atoms with Crippen molar-refractivity contribution in [2.24, 2.45) is 16.8 Å². The Morgan fingerprint density at radius 2 is 1.94 bits per heavy atom. The summed E-state index contributed by atoms with van der Waals surface area (Å²) >= 11 is 0. The first-order chi connectivity index (χ1) is 15.8. The van der Waals surface area contributed by atoms with Crippen LogP contribution < -0.4 is 4.72 Å². The number of carbonyl (C=O) groups excluding carboxylic acids is 2. The number of fused-ring (bicyclic) bond motifs is 1. The Hall–Kier alpha value is -2.62. The number of hydrogen-bond acceptors (Lipinski definition) is 6. The summed E-state index contributed by atoms with van der Waals surface area (Å²) in [6, 6.07) is 5.92. The van der Waals surface area contributed by atoms with Gasteiger partial charge in [0.2, 0.25) is 5.91 Å². The van der Waals surface area contributed by atoms with Crippen LogP contribution in [0.3, 0.4) is 0 Å². The third kappa shape index (κ3) is 6.08. The SMILES string of the molecule is CC(C)[C@H](N=C1NS(=O)(=O)c2ccccc21)C(=O)N1CCCC(CN(C)C(=O)OC(C)(C)C)C1. The molecule has 2 aliphatic rings. The van der Waals surface area contributed by atoms with E-state index in [1.807, 2.05) is 34.6 Å². The molecule has 34 heavy (non-hydrogen) atoms. The van der Waals surface area contributed by atoms with E-state index < -0.39 is 21.7 Å². The van der Waals surface area contributed by atoms with Crippen molar-refractivity contribution < 1.29 is 22.7 Å². The number of hydrogen-bond donors (Lipinski definition) is 1. The Labute approximate surface area is 202 Å². The summed E-state index contributed by atoms with van der Waals surface area (Å²) in [7, 11) is -1.97. The van der Waals surface area contributed by atoms with Crippen LogP contribution in [0.4, 0.5) is 4.79 Å². The van der Waals surface area contributed by atoms with Crippen LogP contribution in [-0.2, 0) is 19.6 Å². The van der Waals surface area contributed by atoms with Crippen LogP contribution in [0.5, 0.6) is 0 Å². The van der Waals surface area contributed by atoms with E-state index in [4.69, 9.17) is 4.74 Å². The fraction of sp³-hybridized carbons (Fsp3) is 0.625. The highest BCUT2D eigenvalue weighted by Gasteiger charge is 2.35. The summed E-state index contributed by atoms with van der Waals surface area (Å²) in [6.45, 7) is 10.9. The van der Waals surface area contributed by atoms with Gasteiger partial charge in [0.25, 0.3) is 10.0 Å². The van der Waals surface area contributed by atoms with Gasteiger partial charge in [-0.15, -0.1) is 0 Å². The number of sulfonamides is 1. The van der Waals surface area contributed by atoms with Gasteiger partial charge < -0.3 is 14.5 Å². The van der Waals surface area contributed by atoms with Crippen molar-refractivity contribution >= 4 is 27.9 Å². The fourth-order valence-corrected chi connectivity index (χ4v) is 5.50. The van der Waals surface area contributed by atoms with Gasteiger partial charge in [0.1, 0.15) is 17.5 Å². The van der Waals surface area contributed by atoms with E-state index in [2.05, 4.69) is 9.71 Å². The van der Waals surface area contributed by atoms with Gasteiger partial charge in [0.05, 0.1) is 4.90 Å². The molecule has 1 fully saturated rings. The summed E-state index contributed by atoms with van der Waals surface area (Å²) in [6.07, 6.45) is 1.36. The molecule has 2 aliphatic heterocycles. The molecule has 9 nitrogen and oxygen atoms in total. The molecule has 0 spiro atoms. The Bertz CT molecular complexity index is 1060. The number of amidine groups is 1. The van der Waals surface area contributed by atoms with Crippen LogP contribution in [-0.4, -0.2) is 74.4 Å². The molecule has 0 saturated carbocycles. The van der Waals surface area contributed by atoms with Gasteiger partial charge in [-0.05, 0) is 57.6 Å². The van der Waals surface area contributed by atoms with Crippen LogP contribution in [0, 0.1) is 11.8 Å². The van der Waals surface area contributed by atoms with Crippen LogP contribution in [0.1, 0.15) is 53.0 Å². The van der Waals surface area contributed by atoms with E-state index in [0.717, 1.165) is 12.8 Å². The molecule has 1 unspecified atom stereocenters. The summed E-state index contributed by atoms with van der Waals surface area (Å²) in [5, 5.41) is 0. The molecule has 1 N–H and O–H groups in total. The maximum absolute atomic E-state index is 13.5. The van der Waals surface area contributed by atoms with Crippen LogP contribution in [0.15, 0.2) is 34.2 Å². The van der Waals surface area contributed by atoms with E-state index in [-0.39, 0.29) is 34.6 Å². The van der Waals surface area contributed by atoms with E-state index in [9.17, 15) is 18.0 Å². The largest absolute Gasteiger partial charge is 0.444 e. The molecule has 1 aromatic rings. The first-order valence-corrected chi connectivity index (χ1v) is 13.2. The van der Waals surface area contributed by atoms with Crippen molar-refractivity contribution in [3.63, 3.8) is 0 Å². The first-order valence-electron chi connectivity index (χ1n) is 11.7. The number of rotatable bonds is 5. The highest BCUT2D eigenvalue weighted by Crippen LogP contribution is 2.25. The maximum Gasteiger partial charge on any atom is 0.410 e. The van der Waals surface area contributed by atoms with Crippen LogP contribution in [0.25, 0.3) is 0 Å². The fourth-order valence-electron chi connectivity index (χ4n) is 4.26. The molecule has 1 aromatic carbocycles. The second-order valence-corrected chi connectivity index (χ2v) is 12.1. The molecule has 188 valence electrons. The van der Waals surface area contributed by atoms with Gasteiger partial charge in [-0.25, -0.2) is 13.2 Å². The number of nitrogens with zero attached hydrogens (tertiary/aromatic N) is 3. The second-order valence-electron chi connectivity index (χ2n) is 10.4. The molecule has 2 atom stereocenters. The van der Waals surface area contributed by atoms with Gasteiger partial charge in [-0.1, -0.05) is 26.0 Å². The maximum atomic E-state index is 13.5. The van der Waals surface area contributed by atoms with Gasteiger partial charge in [0, 0.05) is 32.2 Å². The minimum absolute atomic E-state index is 0.123. The predicted octanol–water partition coefficient (Wildman–Crippen LogP) is 2.86. The van der Waals surface area contributed by atoms with Gasteiger partial charge in [0.15, 0.2) is 0 Å². The van der Waals surface area contributed by atoms with Crippen LogP contribution in [0.2, 0.25) is 0 Å². The molecule has 0 radical (unpaired) electrons. The topological polar surface area (TPSA) is 108 Å². The average Bonchev–Trinajstić information content (AvgIpc) is 3.00. The Balaban J connectivity index is 1.73. The quantitative estimate of drug-likeness (QED) is 0.680. The summed E-state index contributed by atoms with van der Waals surface area (Å²) in [5.74, 6) is 0.0834. The predicted molar refractivity (Wildman–Crippen MR) is 130 cm³/mol. The minimum Gasteiger partial charge on any atom is -0.444 e. The number of aliphatic imine (C=N–C) groups is 1. The number of nitrogens with one attached hydrogen (secondary N) is 1. The van der Waals surface area contributed by atoms with Crippen molar-refractivity contribution in [3.05, 3.63) is 29.8 Å². The molecule has 2 amide bonds. The van der Waals surface area contributed by atoms with Gasteiger partial charge in [-0.2, -0.15) is 0 Å². The Kier molecular flexibility index (Phi) is 7.59. The molecule has 1 saturated heterocycles.